The van der Waals surface area contributed by atoms with Gasteiger partial charge in [-0.3, -0.25) is 9.89 Å². The van der Waals surface area contributed by atoms with E-state index in [4.69, 9.17) is 16.3 Å². The predicted octanol–water partition coefficient (Wildman–Crippen LogP) is 3.41. The topological polar surface area (TPSA) is 67.0 Å². The van der Waals surface area contributed by atoms with Gasteiger partial charge in [-0.1, -0.05) is 18.5 Å². The number of anilines is 1. The van der Waals surface area contributed by atoms with Crippen molar-refractivity contribution in [1.29, 1.82) is 0 Å². The molecule has 0 fully saturated rings. The van der Waals surface area contributed by atoms with Crippen molar-refractivity contribution in [3.8, 4) is 5.75 Å². The van der Waals surface area contributed by atoms with Crippen LogP contribution in [0.1, 0.15) is 12.5 Å². The van der Waals surface area contributed by atoms with Gasteiger partial charge in [0, 0.05) is 10.6 Å². The van der Waals surface area contributed by atoms with Crippen molar-refractivity contribution in [3.05, 3.63) is 39.5 Å². The molecule has 0 aliphatic carbocycles. The number of nitrogens with zero attached hydrogens (tertiary/aromatic N) is 1. The van der Waals surface area contributed by atoms with Crippen LogP contribution in [-0.4, -0.2) is 22.7 Å². The minimum atomic E-state index is -0.259. The molecule has 2 aromatic rings. The summed E-state index contributed by atoms with van der Waals surface area (Å²) in [6.07, 6.45) is 2.47. The lowest BCUT2D eigenvalue weighted by molar-refractivity contribution is -0.118. The molecule has 106 valence electrons. The maximum Gasteiger partial charge on any atom is 0.263 e. The van der Waals surface area contributed by atoms with Crippen LogP contribution in [0, 0.1) is 0 Å². The van der Waals surface area contributed by atoms with E-state index in [1.807, 2.05) is 6.92 Å². The highest BCUT2D eigenvalue weighted by molar-refractivity contribution is 9.10. The molecular weight excluding hydrogens is 346 g/mol. The van der Waals surface area contributed by atoms with E-state index >= 15 is 0 Å². The molecule has 20 heavy (non-hydrogen) atoms. The number of carbonyl (C=O) groups excluding carboxylic acids is 1. The first-order valence-corrected chi connectivity index (χ1v) is 7.17. The van der Waals surface area contributed by atoms with E-state index in [-0.39, 0.29) is 12.5 Å². The van der Waals surface area contributed by atoms with E-state index in [0.717, 1.165) is 12.0 Å². The fourth-order valence-electron chi connectivity index (χ4n) is 1.60. The minimum Gasteiger partial charge on any atom is -0.483 e. The van der Waals surface area contributed by atoms with Gasteiger partial charge in [0.2, 0.25) is 0 Å². The molecule has 1 heterocycles. The summed E-state index contributed by atoms with van der Waals surface area (Å²) in [4.78, 5) is 11.8. The summed E-state index contributed by atoms with van der Waals surface area (Å²) in [7, 11) is 0. The van der Waals surface area contributed by atoms with Crippen LogP contribution in [-0.2, 0) is 11.2 Å². The SMILES string of the molecule is CCc1cn[nH]c1NC(=O)COc1ccc(Cl)cc1Br. The number of aromatic nitrogens is 2. The molecule has 1 aromatic carbocycles. The van der Waals surface area contributed by atoms with Crippen LogP contribution >= 0.6 is 27.5 Å². The molecule has 0 atom stereocenters. The number of nitrogens with one attached hydrogen (secondary N) is 2. The predicted molar refractivity (Wildman–Crippen MR) is 81.2 cm³/mol. The van der Waals surface area contributed by atoms with Gasteiger partial charge < -0.3 is 10.1 Å². The molecule has 0 saturated heterocycles. The Morgan fingerprint density at radius 1 is 1.55 bits per heavy atom. The lowest BCUT2D eigenvalue weighted by atomic mass is 10.2. The summed E-state index contributed by atoms with van der Waals surface area (Å²) in [6.45, 7) is 1.89. The molecule has 1 aromatic heterocycles. The van der Waals surface area contributed by atoms with Crippen molar-refractivity contribution in [3.63, 3.8) is 0 Å². The zero-order chi connectivity index (χ0) is 14.5. The van der Waals surface area contributed by atoms with Crippen molar-refractivity contribution in [2.45, 2.75) is 13.3 Å². The van der Waals surface area contributed by atoms with Gasteiger partial charge in [0.15, 0.2) is 6.61 Å². The second-order valence-corrected chi connectivity index (χ2v) is 5.33. The molecule has 0 bridgehead atoms. The lowest BCUT2D eigenvalue weighted by Gasteiger charge is -2.09. The molecule has 0 aliphatic heterocycles. The fraction of sp³-hybridized carbons (Fsp3) is 0.231. The van der Waals surface area contributed by atoms with E-state index in [1.54, 1.807) is 24.4 Å². The number of carbonyl (C=O) groups is 1. The van der Waals surface area contributed by atoms with E-state index in [1.165, 1.54) is 0 Å². The molecule has 0 unspecified atom stereocenters. The van der Waals surface area contributed by atoms with Crippen molar-refractivity contribution in [1.82, 2.24) is 10.2 Å². The average Bonchev–Trinajstić information content (AvgIpc) is 2.85. The van der Waals surface area contributed by atoms with Gasteiger partial charge >= 0.3 is 0 Å². The molecule has 7 heteroatoms. The van der Waals surface area contributed by atoms with Crippen LogP contribution in [0.5, 0.6) is 5.75 Å². The van der Waals surface area contributed by atoms with Crippen LogP contribution in [0.25, 0.3) is 0 Å². The standard InChI is InChI=1S/C13H13BrClN3O2/c1-2-8-6-16-18-13(8)17-12(19)7-20-11-4-3-9(15)5-10(11)14/h3-6H,2,7H2,1H3,(H2,16,17,18,19). The maximum absolute atomic E-state index is 11.8. The van der Waals surface area contributed by atoms with Crippen LogP contribution in [0.3, 0.4) is 0 Å². The number of rotatable bonds is 5. The first-order chi connectivity index (χ1) is 9.60. The van der Waals surface area contributed by atoms with E-state index in [2.05, 4.69) is 31.4 Å². The number of halogens is 2. The molecule has 0 spiro atoms. The normalized spacial score (nSPS) is 10.3. The Labute approximate surface area is 129 Å². The summed E-state index contributed by atoms with van der Waals surface area (Å²) in [5.41, 5.74) is 0.950. The van der Waals surface area contributed by atoms with Gasteiger partial charge in [-0.25, -0.2) is 0 Å². The Balaban J connectivity index is 1.92. The number of amides is 1. The lowest BCUT2D eigenvalue weighted by Crippen LogP contribution is -2.21. The quantitative estimate of drug-likeness (QED) is 0.861. The van der Waals surface area contributed by atoms with Gasteiger partial charge in [-0.2, -0.15) is 5.10 Å². The Kier molecular flexibility index (Phi) is 5.03. The van der Waals surface area contributed by atoms with Crippen LogP contribution in [0.2, 0.25) is 5.02 Å². The monoisotopic (exact) mass is 357 g/mol. The zero-order valence-corrected chi connectivity index (χ0v) is 13.1. The highest BCUT2D eigenvalue weighted by atomic mass is 79.9. The Hall–Kier alpha value is -1.53. The third-order valence-corrected chi connectivity index (χ3v) is 3.47. The van der Waals surface area contributed by atoms with Crippen LogP contribution in [0.15, 0.2) is 28.9 Å². The third-order valence-electron chi connectivity index (χ3n) is 2.62. The van der Waals surface area contributed by atoms with Gasteiger partial charge in [0.1, 0.15) is 11.6 Å². The number of hydrogen-bond donors (Lipinski definition) is 2. The molecule has 0 radical (unpaired) electrons. The number of ether oxygens (including phenoxy) is 1. The first-order valence-electron chi connectivity index (χ1n) is 6.00. The van der Waals surface area contributed by atoms with E-state index in [9.17, 15) is 4.79 Å². The van der Waals surface area contributed by atoms with Crippen LogP contribution in [0.4, 0.5) is 5.82 Å². The maximum atomic E-state index is 11.8. The van der Waals surface area contributed by atoms with Crippen molar-refractivity contribution < 1.29 is 9.53 Å². The summed E-state index contributed by atoms with van der Waals surface area (Å²) in [6, 6.07) is 5.11. The van der Waals surface area contributed by atoms with Gasteiger partial charge in [0.25, 0.3) is 5.91 Å². The number of aromatic amines is 1. The van der Waals surface area contributed by atoms with Gasteiger partial charge in [-0.15, -0.1) is 0 Å². The molecule has 2 N–H and O–H groups in total. The van der Waals surface area contributed by atoms with E-state index in [0.29, 0.717) is 21.1 Å². The van der Waals surface area contributed by atoms with Crippen molar-refractivity contribution in [2.24, 2.45) is 0 Å². The fourth-order valence-corrected chi connectivity index (χ4v) is 2.40. The number of benzene rings is 1. The molecule has 2 rings (SSSR count). The molecule has 0 saturated carbocycles. The minimum absolute atomic E-state index is 0.0948. The molecule has 0 aliphatic rings. The summed E-state index contributed by atoms with van der Waals surface area (Å²) >= 11 is 9.16. The van der Waals surface area contributed by atoms with Crippen molar-refractivity contribution in [2.75, 3.05) is 11.9 Å². The Morgan fingerprint density at radius 3 is 3.05 bits per heavy atom. The van der Waals surface area contributed by atoms with Gasteiger partial charge in [-0.05, 0) is 40.5 Å². The molecule has 1 amide bonds. The smallest absolute Gasteiger partial charge is 0.263 e. The number of hydrogen-bond acceptors (Lipinski definition) is 3. The number of aryl methyl sites for hydroxylation is 1. The molecule has 5 nitrogen and oxygen atoms in total. The zero-order valence-electron chi connectivity index (χ0n) is 10.7. The second kappa shape index (κ2) is 6.76. The molecular formula is C13H13BrClN3O2. The summed E-state index contributed by atoms with van der Waals surface area (Å²) < 4.78 is 6.13. The number of H-pyrrole nitrogens is 1. The Morgan fingerprint density at radius 2 is 2.35 bits per heavy atom. The van der Waals surface area contributed by atoms with Gasteiger partial charge in [0.05, 0.1) is 10.7 Å². The van der Waals surface area contributed by atoms with Crippen molar-refractivity contribution >= 4 is 39.3 Å². The third kappa shape index (κ3) is 3.74. The average molecular weight is 359 g/mol. The summed E-state index contributed by atoms with van der Waals surface area (Å²) in [5.74, 6) is 0.909. The highest BCUT2D eigenvalue weighted by Gasteiger charge is 2.09. The summed E-state index contributed by atoms with van der Waals surface area (Å²) in [5, 5.41) is 9.94. The van der Waals surface area contributed by atoms with E-state index < -0.39 is 0 Å². The first kappa shape index (κ1) is 14.9. The highest BCUT2D eigenvalue weighted by Crippen LogP contribution is 2.27. The Bertz CT molecular complexity index is 615. The largest absolute Gasteiger partial charge is 0.483 e. The van der Waals surface area contributed by atoms with Crippen LogP contribution < -0.4 is 10.1 Å². The second-order valence-electron chi connectivity index (χ2n) is 4.04.